The highest BCUT2D eigenvalue weighted by molar-refractivity contribution is 7.71. The van der Waals surface area contributed by atoms with E-state index in [0.29, 0.717) is 25.7 Å². The molecule has 1 unspecified atom stereocenters. The van der Waals surface area contributed by atoms with Crippen LogP contribution in [-0.4, -0.2) is 60.5 Å². The highest BCUT2D eigenvalue weighted by atomic mass is 32.2. The van der Waals surface area contributed by atoms with Crippen molar-refractivity contribution in [2.75, 3.05) is 13.6 Å². The van der Waals surface area contributed by atoms with Crippen molar-refractivity contribution >= 4 is 27.6 Å². The SMILES string of the molecule is CN(CC=S(=O)=O)C(CCCCCC(=O)O)C(=O)O. The Morgan fingerprint density at radius 1 is 1.21 bits per heavy atom. The van der Waals surface area contributed by atoms with E-state index in [-0.39, 0.29) is 13.0 Å². The van der Waals surface area contributed by atoms with Gasteiger partial charge in [0.1, 0.15) is 6.04 Å². The van der Waals surface area contributed by atoms with Gasteiger partial charge < -0.3 is 10.2 Å². The second-order valence-corrected chi connectivity index (χ2v) is 5.07. The van der Waals surface area contributed by atoms with E-state index < -0.39 is 28.3 Å². The van der Waals surface area contributed by atoms with Gasteiger partial charge in [0.2, 0.25) is 10.3 Å². The van der Waals surface area contributed by atoms with E-state index in [9.17, 15) is 18.0 Å². The predicted octanol–water partition coefficient (Wildman–Crippen LogP) is 0.0878. The molecular weight excluding hydrogens is 274 g/mol. The van der Waals surface area contributed by atoms with Gasteiger partial charge in [0.25, 0.3) is 0 Å². The fourth-order valence-corrected chi connectivity index (χ4v) is 1.99. The molecule has 0 bridgehead atoms. The molecule has 0 amide bonds. The second-order valence-electron chi connectivity index (χ2n) is 4.21. The van der Waals surface area contributed by atoms with Crippen LogP contribution in [-0.2, 0) is 19.9 Å². The lowest BCUT2D eigenvalue weighted by atomic mass is 10.1. The van der Waals surface area contributed by atoms with E-state index in [1.54, 1.807) is 7.05 Å². The van der Waals surface area contributed by atoms with E-state index in [1.807, 2.05) is 0 Å². The van der Waals surface area contributed by atoms with Gasteiger partial charge in [0, 0.05) is 18.3 Å². The Kier molecular flexibility index (Phi) is 8.81. The second kappa shape index (κ2) is 9.51. The summed E-state index contributed by atoms with van der Waals surface area (Å²) in [6.07, 6.45) is 2.19. The quantitative estimate of drug-likeness (QED) is 0.433. The zero-order chi connectivity index (χ0) is 14.8. The van der Waals surface area contributed by atoms with E-state index >= 15 is 0 Å². The van der Waals surface area contributed by atoms with Crippen molar-refractivity contribution in [2.45, 2.75) is 38.1 Å². The maximum Gasteiger partial charge on any atom is 0.320 e. The number of likely N-dealkylation sites (N-methyl/N-ethyl adjacent to an activating group) is 1. The molecule has 1 atom stereocenters. The summed E-state index contributed by atoms with van der Waals surface area (Å²) in [6.45, 7) is 0.0439. The first kappa shape index (κ1) is 17.6. The number of carbonyl (C=O) groups is 2. The third kappa shape index (κ3) is 9.20. The largest absolute Gasteiger partial charge is 0.481 e. The minimum atomic E-state index is -2.30. The smallest absolute Gasteiger partial charge is 0.320 e. The fourth-order valence-electron chi connectivity index (χ4n) is 1.63. The van der Waals surface area contributed by atoms with Crippen LogP contribution >= 0.6 is 0 Å². The molecule has 2 N–H and O–H groups in total. The molecule has 0 spiro atoms. The van der Waals surface area contributed by atoms with Crippen LogP contribution in [0.3, 0.4) is 0 Å². The van der Waals surface area contributed by atoms with Gasteiger partial charge in [-0.1, -0.05) is 12.8 Å². The summed E-state index contributed by atoms with van der Waals surface area (Å²) < 4.78 is 20.7. The van der Waals surface area contributed by atoms with Gasteiger partial charge in [-0.05, 0) is 19.9 Å². The number of carboxylic acid groups (broad SMARTS) is 2. The molecule has 0 saturated carbocycles. The maximum atomic E-state index is 11.1. The molecule has 8 heteroatoms. The molecule has 0 saturated heterocycles. The van der Waals surface area contributed by atoms with Crippen LogP contribution in [0, 0.1) is 0 Å². The molecule has 0 aromatic heterocycles. The predicted molar refractivity (Wildman–Crippen MR) is 69.8 cm³/mol. The molecule has 19 heavy (non-hydrogen) atoms. The fraction of sp³-hybridized carbons (Fsp3) is 0.727. The zero-order valence-corrected chi connectivity index (χ0v) is 11.6. The monoisotopic (exact) mass is 293 g/mol. The average molecular weight is 293 g/mol. The molecule has 0 aromatic carbocycles. The summed E-state index contributed by atoms with van der Waals surface area (Å²) in [4.78, 5) is 22.8. The minimum Gasteiger partial charge on any atom is -0.481 e. The number of unbranched alkanes of at least 4 members (excludes halogenated alkanes) is 2. The lowest BCUT2D eigenvalue weighted by Crippen LogP contribution is -2.39. The Balaban J connectivity index is 4.15. The Morgan fingerprint density at radius 3 is 2.32 bits per heavy atom. The van der Waals surface area contributed by atoms with Gasteiger partial charge in [0.05, 0.1) is 0 Å². The van der Waals surface area contributed by atoms with Gasteiger partial charge in [-0.15, -0.1) is 0 Å². The number of hydrogen-bond acceptors (Lipinski definition) is 5. The first-order valence-corrected chi connectivity index (χ1v) is 7.04. The molecule has 0 fully saturated rings. The number of aliphatic carboxylic acids is 2. The normalized spacial score (nSPS) is 12.1. The van der Waals surface area contributed by atoms with Crippen LogP contribution in [0.2, 0.25) is 0 Å². The molecule has 0 aromatic rings. The summed E-state index contributed by atoms with van der Waals surface area (Å²) in [5.41, 5.74) is 0. The van der Waals surface area contributed by atoms with Crippen LogP contribution in [0.25, 0.3) is 0 Å². The van der Waals surface area contributed by atoms with Crippen molar-refractivity contribution < 1.29 is 28.2 Å². The Morgan fingerprint density at radius 2 is 1.84 bits per heavy atom. The van der Waals surface area contributed by atoms with Crippen LogP contribution in [0.15, 0.2) is 0 Å². The van der Waals surface area contributed by atoms with Crippen LogP contribution in [0.4, 0.5) is 0 Å². The maximum absolute atomic E-state index is 11.1. The third-order valence-corrected chi connectivity index (χ3v) is 3.11. The van der Waals surface area contributed by atoms with Crippen LogP contribution < -0.4 is 0 Å². The molecule has 0 rings (SSSR count). The van der Waals surface area contributed by atoms with Gasteiger partial charge in [-0.25, -0.2) is 0 Å². The van der Waals surface area contributed by atoms with E-state index in [2.05, 4.69) is 0 Å². The Hall–Kier alpha value is -1.41. The standard InChI is InChI=1S/C11H19NO6S/c1-12(7-8-19(17)18)9(11(15)16)5-3-2-4-6-10(13)14/h8-9H,2-7H2,1H3,(H,13,14)(H,15,16). The molecule has 0 aliphatic heterocycles. The zero-order valence-electron chi connectivity index (χ0n) is 10.8. The van der Waals surface area contributed by atoms with Crippen LogP contribution in [0.5, 0.6) is 0 Å². The van der Waals surface area contributed by atoms with Crippen LogP contribution in [0.1, 0.15) is 32.1 Å². The summed E-state index contributed by atoms with van der Waals surface area (Å²) >= 11 is 0. The van der Waals surface area contributed by atoms with Gasteiger partial charge in [-0.3, -0.25) is 14.5 Å². The molecule has 0 aliphatic carbocycles. The molecular formula is C11H19NO6S. The summed E-state index contributed by atoms with van der Waals surface area (Å²) in [5.74, 6) is -1.87. The molecule has 0 radical (unpaired) electrons. The van der Waals surface area contributed by atoms with Gasteiger partial charge in [0.15, 0.2) is 0 Å². The molecule has 0 heterocycles. The number of hydrogen-bond donors (Lipinski definition) is 2. The highest BCUT2D eigenvalue weighted by Crippen LogP contribution is 2.10. The van der Waals surface area contributed by atoms with E-state index in [1.165, 1.54) is 4.90 Å². The van der Waals surface area contributed by atoms with E-state index in [4.69, 9.17) is 10.2 Å². The van der Waals surface area contributed by atoms with Crippen molar-refractivity contribution in [2.24, 2.45) is 0 Å². The number of nitrogens with zero attached hydrogens (tertiary/aromatic N) is 1. The lowest BCUT2D eigenvalue weighted by molar-refractivity contribution is -0.143. The first-order chi connectivity index (χ1) is 8.84. The van der Waals surface area contributed by atoms with Crippen molar-refractivity contribution in [1.82, 2.24) is 4.90 Å². The van der Waals surface area contributed by atoms with Gasteiger partial charge >= 0.3 is 11.9 Å². The molecule has 0 aliphatic rings. The van der Waals surface area contributed by atoms with Crippen molar-refractivity contribution in [3.63, 3.8) is 0 Å². The van der Waals surface area contributed by atoms with E-state index in [0.717, 1.165) is 5.37 Å². The van der Waals surface area contributed by atoms with Crippen molar-refractivity contribution in [3.8, 4) is 0 Å². The average Bonchev–Trinajstić information content (AvgIpc) is 2.29. The topological polar surface area (TPSA) is 112 Å². The molecule has 110 valence electrons. The van der Waals surface area contributed by atoms with Crippen molar-refractivity contribution in [3.05, 3.63) is 0 Å². The van der Waals surface area contributed by atoms with Crippen molar-refractivity contribution in [1.29, 1.82) is 0 Å². The lowest BCUT2D eigenvalue weighted by Gasteiger charge is -2.22. The summed E-state index contributed by atoms with van der Waals surface area (Å²) in [6, 6.07) is -0.760. The first-order valence-electron chi connectivity index (χ1n) is 5.90. The summed E-state index contributed by atoms with van der Waals surface area (Å²) in [7, 11) is -0.764. The highest BCUT2D eigenvalue weighted by Gasteiger charge is 2.21. The Labute approximate surface area is 113 Å². The molecule has 7 nitrogen and oxygen atoms in total. The minimum absolute atomic E-state index is 0.0439. The van der Waals surface area contributed by atoms with Gasteiger partial charge in [-0.2, -0.15) is 8.42 Å². The number of carboxylic acids is 2. The third-order valence-electron chi connectivity index (χ3n) is 2.68. The Bertz CT molecular complexity index is 422. The summed E-state index contributed by atoms with van der Waals surface area (Å²) in [5, 5.41) is 18.5. The number of rotatable bonds is 10.